The number of carbonyl (C=O) groups excluding carboxylic acids is 6. The summed E-state index contributed by atoms with van der Waals surface area (Å²) >= 11 is 0. The molecule has 0 spiro atoms. The quantitative estimate of drug-likeness (QED) is 0.0237. The molecule has 2 aliphatic heterocycles. The lowest BCUT2D eigenvalue weighted by molar-refractivity contribution is -0.169. The molecule has 2 saturated heterocycles. The highest BCUT2D eigenvalue weighted by Crippen LogP contribution is 2.23. The summed E-state index contributed by atoms with van der Waals surface area (Å²) in [5, 5.41) is 18.0. The van der Waals surface area contributed by atoms with Gasteiger partial charge in [-0.05, 0) is 77.5 Å². The Morgan fingerprint density at radius 3 is 1.23 bits per heavy atom. The van der Waals surface area contributed by atoms with Gasteiger partial charge in [0.25, 0.3) is 0 Å². The molecule has 101 heavy (non-hydrogen) atoms. The second kappa shape index (κ2) is 49.5. The molecule has 0 unspecified atom stereocenters. The third-order valence-corrected chi connectivity index (χ3v) is 14.4. The lowest BCUT2D eigenvalue weighted by Gasteiger charge is -2.32. The third kappa shape index (κ3) is 36.4. The Labute approximate surface area is 596 Å². The first-order chi connectivity index (χ1) is 48.3. The van der Waals surface area contributed by atoms with Crippen molar-refractivity contribution in [2.45, 2.75) is 174 Å². The van der Waals surface area contributed by atoms with Gasteiger partial charge < -0.3 is 92.1 Å². The van der Waals surface area contributed by atoms with Crippen molar-refractivity contribution in [3.8, 4) is 0 Å². The first kappa shape index (κ1) is 87.1. The van der Waals surface area contributed by atoms with Crippen LogP contribution in [0.5, 0.6) is 0 Å². The van der Waals surface area contributed by atoms with E-state index in [-0.39, 0.29) is 72.7 Å². The number of alkyl carbamates (subject to hydrolysis) is 3. The molecule has 560 valence electrons. The molecule has 0 aromatic heterocycles. The zero-order chi connectivity index (χ0) is 74.7. The molecule has 4 N–H and O–H groups in total. The number of carbonyl (C=O) groups is 6. The highest BCUT2D eigenvalue weighted by Gasteiger charge is 2.40. The van der Waals surface area contributed by atoms with E-state index in [4.69, 9.17) is 71.1 Å². The number of rotatable bonds is 37. The van der Waals surface area contributed by atoms with Gasteiger partial charge in [-0.1, -0.05) is 185 Å². The van der Waals surface area contributed by atoms with Crippen molar-refractivity contribution >= 4 is 36.2 Å². The largest absolute Gasteiger partial charge is 0.467 e. The van der Waals surface area contributed by atoms with Crippen LogP contribution in [-0.2, 0) is 105 Å². The monoisotopic (exact) mass is 1420 g/mol. The summed E-state index contributed by atoms with van der Waals surface area (Å²) in [6, 6.07) is 24.5. The topological polar surface area (TPSA) is 297 Å². The van der Waals surface area contributed by atoms with Crippen LogP contribution in [0.3, 0.4) is 0 Å². The van der Waals surface area contributed by atoms with Crippen LogP contribution in [0.4, 0.5) is 14.4 Å². The molecule has 0 aliphatic carbocycles. The summed E-state index contributed by atoms with van der Waals surface area (Å²) in [5.41, 5.74) is 7.41. The normalized spacial score (nSPS) is 20.3. The Morgan fingerprint density at radius 1 is 0.505 bits per heavy atom. The molecular formula is C76H109N3O22. The number of aliphatic hydroxyl groups is 1. The Morgan fingerprint density at radius 2 is 0.871 bits per heavy atom. The molecule has 12 atom stereocenters. The molecule has 3 aromatic carbocycles. The number of methoxy groups -OCH3 is 1. The fraction of sp³-hybridized carbons (Fsp3) is 0.526. The van der Waals surface area contributed by atoms with Crippen LogP contribution >= 0.6 is 0 Å². The minimum Gasteiger partial charge on any atom is -0.467 e. The van der Waals surface area contributed by atoms with E-state index in [0.717, 1.165) is 50.1 Å². The van der Waals surface area contributed by atoms with Crippen LogP contribution in [0.1, 0.15) is 98.3 Å². The van der Waals surface area contributed by atoms with Gasteiger partial charge in [-0.25, -0.2) is 28.8 Å². The van der Waals surface area contributed by atoms with E-state index in [1.54, 1.807) is 0 Å². The number of amides is 3. The lowest BCUT2D eigenvalue weighted by Crippen LogP contribution is -2.47. The molecular weight excluding hydrogens is 1310 g/mol. The van der Waals surface area contributed by atoms with Gasteiger partial charge in [-0.2, -0.15) is 0 Å². The van der Waals surface area contributed by atoms with E-state index in [1.807, 2.05) is 153 Å². The predicted molar refractivity (Wildman–Crippen MR) is 379 cm³/mol. The summed E-state index contributed by atoms with van der Waals surface area (Å²) in [6.07, 6.45) is -6.34. The molecule has 2 heterocycles. The van der Waals surface area contributed by atoms with Crippen LogP contribution in [-0.4, -0.2) is 201 Å². The number of esters is 3. The second-order valence-electron chi connectivity index (χ2n) is 24.8. The Bertz CT molecular complexity index is 2890. The first-order valence-electron chi connectivity index (χ1n) is 33.6. The number of hydrogen-bond donors (Lipinski definition) is 4. The van der Waals surface area contributed by atoms with Crippen LogP contribution in [0.25, 0.3) is 0 Å². The summed E-state index contributed by atoms with van der Waals surface area (Å²) in [5.74, 6) is -1.93. The van der Waals surface area contributed by atoms with E-state index in [0.29, 0.717) is 45.7 Å². The molecule has 2 fully saturated rings. The molecule has 5 rings (SSSR count). The van der Waals surface area contributed by atoms with E-state index in [1.165, 1.54) is 7.11 Å². The van der Waals surface area contributed by atoms with Gasteiger partial charge in [-0.3, -0.25) is 0 Å². The van der Waals surface area contributed by atoms with Crippen molar-refractivity contribution in [2.24, 2.45) is 0 Å². The zero-order valence-electron chi connectivity index (χ0n) is 60.6. The van der Waals surface area contributed by atoms with E-state index in [9.17, 15) is 33.9 Å². The average molecular weight is 1420 g/mol. The molecule has 0 radical (unpaired) electrons. The maximum absolute atomic E-state index is 12.9. The average Bonchev–Trinajstić information content (AvgIpc) is 1.50. The van der Waals surface area contributed by atoms with Gasteiger partial charge >= 0.3 is 36.2 Å². The molecule has 3 aromatic rings. The Balaban J connectivity index is 0.000000394. The van der Waals surface area contributed by atoms with E-state index in [2.05, 4.69) is 55.4 Å². The lowest BCUT2D eigenvalue weighted by atomic mass is 10.1. The second-order valence-corrected chi connectivity index (χ2v) is 24.8. The van der Waals surface area contributed by atoms with Gasteiger partial charge in [0.15, 0.2) is 18.1 Å². The molecule has 2 aliphatic rings. The molecule has 25 heteroatoms. The van der Waals surface area contributed by atoms with Crippen LogP contribution in [0, 0.1) is 0 Å². The van der Waals surface area contributed by atoms with Crippen LogP contribution < -0.4 is 16.0 Å². The van der Waals surface area contributed by atoms with Gasteiger partial charge in [0.2, 0.25) is 0 Å². The highest BCUT2D eigenvalue weighted by atomic mass is 16.6. The number of nitrogens with one attached hydrogen (secondary N) is 3. The van der Waals surface area contributed by atoms with Gasteiger partial charge in [0.05, 0.1) is 92.5 Å². The summed E-state index contributed by atoms with van der Waals surface area (Å²) in [6.45, 7) is 41.6. The number of cyclic esters (lactones) is 2. The van der Waals surface area contributed by atoms with E-state index >= 15 is 0 Å². The Kier molecular flexibility index (Phi) is 42.7. The number of ether oxygens (including phenoxy) is 15. The number of hydrogen-bond acceptors (Lipinski definition) is 22. The van der Waals surface area contributed by atoms with Crippen molar-refractivity contribution in [1.82, 2.24) is 16.0 Å². The van der Waals surface area contributed by atoms with Crippen molar-refractivity contribution in [3.63, 3.8) is 0 Å². The zero-order valence-corrected chi connectivity index (χ0v) is 60.6. The van der Waals surface area contributed by atoms with Crippen molar-refractivity contribution < 1.29 is 105 Å². The van der Waals surface area contributed by atoms with Gasteiger partial charge in [-0.15, -0.1) is 0 Å². The summed E-state index contributed by atoms with van der Waals surface area (Å²) in [7, 11) is 1.21. The predicted octanol–water partition coefficient (Wildman–Crippen LogP) is 10.3. The Hall–Kier alpha value is -8.08. The molecule has 25 nitrogen and oxygen atoms in total. The molecule has 0 saturated carbocycles. The van der Waals surface area contributed by atoms with Gasteiger partial charge in [0.1, 0.15) is 68.7 Å². The minimum atomic E-state index is -1.10. The third-order valence-electron chi connectivity index (χ3n) is 14.4. The summed E-state index contributed by atoms with van der Waals surface area (Å²) < 4.78 is 84.8. The summed E-state index contributed by atoms with van der Waals surface area (Å²) in [4.78, 5) is 74.7. The van der Waals surface area contributed by atoms with E-state index < -0.39 is 109 Å². The first-order valence-corrected chi connectivity index (χ1v) is 33.6. The molecule has 0 bridgehead atoms. The minimum absolute atomic E-state index is 0.0145. The maximum Gasteiger partial charge on any atom is 0.408 e. The fourth-order valence-electron chi connectivity index (χ4n) is 9.29. The molecule has 3 amide bonds. The number of aliphatic hydroxyl groups excluding tert-OH is 1. The SMILES string of the molecule is C=C(C)CO[C@@H]([C@H](O)CC)[C@H](COC[C@H](NC(=O)OCc1ccccc1)C(=O)OC)OCC(=C)C.C=C(C)CO[C@@H]1[C@@H](OCC(=C)C)COC[C@@H](NC(=O)OCc2ccccc2)C(=O)O[C@@H]1CC.C=C(C)CO[C@@H]1[C@@H](OCC(=C)C)COC[C@H](NC(=O)OCc2ccccc2)C(=O)O[C@@H]1CC. The maximum atomic E-state index is 12.9. The van der Waals surface area contributed by atoms with Crippen molar-refractivity contribution in [3.05, 3.63) is 181 Å². The van der Waals surface area contributed by atoms with Gasteiger partial charge in [0, 0.05) is 0 Å². The van der Waals surface area contributed by atoms with Crippen LogP contribution in [0.2, 0.25) is 0 Å². The van der Waals surface area contributed by atoms with Crippen molar-refractivity contribution in [2.75, 3.05) is 86.4 Å². The van der Waals surface area contributed by atoms with Crippen LogP contribution in [0.15, 0.2) is 164 Å². The number of benzene rings is 3. The fourth-order valence-corrected chi connectivity index (χ4v) is 9.29. The standard InChI is InChI=1S/C26H39NO8.2C25H35NO7/c1-7-22(28)24(34-14-19(4)5)23(33-13-18(2)3)17-32-16-21(25(29)31-6)27-26(30)35-15-20-11-9-8-10-12-20;2*1-6-21-23(31-13-18(4)5)22(30-12-17(2)3)16-29-15-20(24(27)33-21)26-25(28)32-14-19-10-8-7-9-11-19/h8-12,21-24,28H,2,4,7,13-17H2,1,3,5-6H3,(H,27,30);2*7-11,20-23H,2,4,6,12-16H2,1,3,5H3,(H,26,28)/t21-,22+,23-,24-;20-,21+,22-,23-;20-,21-,22+,23+/m001/s1. The highest BCUT2D eigenvalue weighted by molar-refractivity contribution is 5.83. The van der Waals surface area contributed by atoms with Crippen molar-refractivity contribution in [1.29, 1.82) is 0 Å². The smallest absolute Gasteiger partial charge is 0.408 e.